The summed E-state index contributed by atoms with van der Waals surface area (Å²) in [6, 6.07) is 6.39. The minimum Gasteiger partial charge on any atom is -0.493 e. The Morgan fingerprint density at radius 1 is 1.21 bits per heavy atom. The number of hydrogen-bond donors (Lipinski definition) is 2. The average molecular weight is 266 g/mol. The van der Waals surface area contributed by atoms with Crippen molar-refractivity contribution in [3.8, 4) is 11.5 Å². The van der Waals surface area contributed by atoms with Crippen LogP contribution in [0.2, 0.25) is 0 Å². The Balaban J connectivity index is 2.91. The molecule has 1 atom stereocenters. The minimum atomic E-state index is -0.117. The van der Waals surface area contributed by atoms with Crippen LogP contribution in [0, 0.1) is 0 Å². The molecule has 1 aromatic rings. The van der Waals surface area contributed by atoms with Gasteiger partial charge in [-0.1, -0.05) is 19.9 Å². The molecule has 0 amide bonds. The summed E-state index contributed by atoms with van der Waals surface area (Å²) in [5.74, 6) is 1.50. The lowest BCUT2D eigenvalue weighted by Gasteiger charge is -2.32. The molecule has 108 valence electrons. The Kier molecular flexibility index (Phi) is 5.63. The summed E-state index contributed by atoms with van der Waals surface area (Å²) in [5, 5.41) is 3.52. The highest BCUT2D eigenvalue weighted by Gasteiger charge is 2.23. The molecular weight excluding hydrogens is 240 g/mol. The van der Waals surface area contributed by atoms with Gasteiger partial charge in [0.2, 0.25) is 0 Å². The third-order valence-electron chi connectivity index (χ3n) is 3.13. The Labute approximate surface area is 116 Å². The van der Waals surface area contributed by atoms with Crippen LogP contribution in [-0.2, 0) is 6.42 Å². The van der Waals surface area contributed by atoms with E-state index in [9.17, 15) is 0 Å². The normalized spacial score (nSPS) is 14.3. The molecule has 4 nitrogen and oxygen atoms in total. The predicted octanol–water partition coefficient (Wildman–Crippen LogP) is 1.96. The van der Waals surface area contributed by atoms with E-state index in [1.165, 1.54) is 5.56 Å². The Hall–Kier alpha value is -1.26. The predicted molar refractivity (Wildman–Crippen MR) is 79.0 cm³/mol. The molecule has 0 heterocycles. The van der Waals surface area contributed by atoms with E-state index in [1.54, 1.807) is 14.2 Å². The van der Waals surface area contributed by atoms with Gasteiger partial charge >= 0.3 is 0 Å². The van der Waals surface area contributed by atoms with Gasteiger partial charge in [-0.05, 0) is 31.0 Å². The van der Waals surface area contributed by atoms with Gasteiger partial charge in [0.25, 0.3) is 0 Å². The van der Waals surface area contributed by atoms with E-state index < -0.39 is 0 Å². The van der Waals surface area contributed by atoms with E-state index in [4.69, 9.17) is 15.2 Å². The standard InChI is InChI=1S/C15H26N2O2/c1-11(2)17-15(3,10-16)9-12-6-7-13(18-4)14(8-12)19-5/h6-8,11,17H,9-10,16H2,1-5H3. The zero-order valence-electron chi connectivity index (χ0n) is 12.6. The van der Waals surface area contributed by atoms with Gasteiger partial charge in [-0.2, -0.15) is 0 Å². The Bertz CT molecular complexity index is 407. The number of methoxy groups -OCH3 is 2. The highest BCUT2D eigenvalue weighted by Crippen LogP contribution is 2.29. The fourth-order valence-corrected chi connectivity index (χ4v) is 2.32. The maximum Gasteiger partial charge on any atom is 0.160 e. The molecule has 0 fully saturated rings. The summed E-state index contributed by atoms with van der Waals surface area (Å²) in [4.78, 5) is 0. The molecule has 1 aromatic carbocycles. The van der Waals surface area contributed by atoms with Crippen molar-refractivity contribution < 1.29 is 9.47 Å². The quantitative estimate of drug-likeness (QED) is 0.792. The van der Waals surface area contributed by atoms with Gasteiger partial charge in [0.15, 0.2) is 11.5 Å². The third-order valence-corrected chi connectivity index (χ3v) is 3.13. The second-order valence-corrected chi connectivity index (χ2v) is 5.43. The molecule has 0 aliphatic heterocycles. The van der Waals surface area contributed by atoms with Gasteiger partial charge in [0.1, 0.15) is 0 Å². The van der Waals surface area contributed by atoms with Crippen LogP contribution >= 0.6 is 0 Å². The zero-order valence-corrected chi connectivity index (χ0v) is 12.6. The summed E-state index contributed by atoms with van der Waals surface area (Å²) in [7, 11) is 3.29. The molecule has 0 aromatic heterocycles. The van der Waals surface area contributed by atoms with E-state index >= 15 is 0 Å². The number of nitrogens with two attached hydrogens (primary N) is 1. The summed E-state index contributed by atoms with van der Waals surface area (Å²) < 4.78 is 10.6. The van der Waals surface area contributed by atoms with Gasteiger partial charge in [0, 0.05) is 18.1 Å². The molecule has 0 saturated carbocycles. The second-order valence-electron chi connectivity index (χ2n) is 5.43. The molecule has 1 unspecified atom stereocenters. The van der Waals surface area contributed by atoms with Gasteiger partial charge in [-0.15, -0.1) is 0 Å². The van der Waals surface area contributed by atoms with Crippen molar-refractivity contribution in [1.29, 1.82) is 0 Å². The molecule has 0 spiro atoms. The van der Waals surface area contributed by atoms with Crippen LogP contribution in [0.3, 0.4) is 0 Å². The molecule has 0 aliphatic rings. The van der Waals surface area contributed by atoms with Crippen molar-refractivity contribution in [3.05, 3.63) is 23.8 Å². The summed E-state index contributed by atoms with van der Waals surface area (Å²) in [5.41, 5.74) is 6.97. The summed E-state index contributed by atoms with van der Waals surface area (Å²) in [6.45, 7) is 6.98. The highest BCUT2D eigenvalue weighted by molar-refractivity contribution is 5.43. The van der Waals surface area contributed by atoms with Crippen molar-refractivity contribution in [3.63, 3.8) is 0 Å². The summed E-state index contributed by atoms with van der Waals surface area (Å²) in [6.07, 6.45) is 0.849. The fraction of sp³-hybridized carbons (Fsp3) is 0.600. The SMILES string of the molecule is COc1ccc(CC(C)(CN)NC(C)C)cc1OC. The molecule has 0 aliphatic carbocycles. The number of nitrogens with one attached hydrogen (secondary N) is 1. The topological polar surface area (TPSA) is 56.5 Å². The first-order valence-corrected chi connectivity index (χ1v) is 6.63. The zero-order chi connectivity index (χ0) is 14.5. The smallest absolute Gasteiger partial charge is 0.160 e. The average Bonchev–Trinajstić information content (AvgIpc) is 2.37. The van der Waals surface area contributed by atoms with E-state index in [-0.39, 0.29) is 5.54 Å². The highest BCUT2D eigenvalue weighted by atomic mass is 16.5. The van der Waals surface area contributed by atoms with Crippen molar-refractivity contribution in [1.82, 2.24) is 5.32 Å². The molecule has 3 N–H and O–H groups in total. The van der Waals surface area contributed by atoms with Crippen LogP contribution in [0.1, 0.15) is 26.3 Å². The number of hydrogen-bond acceptors (Lipinski definition) is 4. The van der Waals surface area contributed by atoms with Crippen LogP contribution in [0.25, 0.3) is 0 Å². The van der Waals surface area contributed by atoms with Crippen molar-refractivity contribution in [2.45, 2.75) is 38.8 Å². The molecule has 1 rings (SSSR count). The maximum atomic E-state index is 5.91. The van der Waals surface area contributed by atoms with Crippen molar-refractivity contribution >= 4 is 0 Å². The van der Waals surface area contributed by atoms with Crippen LogP contribution < -0.4 is 20.5 Å². The fourth-order valence-electron chi connectivity index (χ4n) is 2.32. The van der Waals surface area contributed by atoms with Gasteiger partial charge in [-0.3, -0.25) is 0 Å². The molecular formula is C15H26N2O2. The number of rotatable bonds is 7. The van der Waals surface area contributed by atoms with Gasteiger partial charge in [-0.25, -0.2) is 0 Å². The van der Waals surface area contributed by atoms with E-state index in [0.29, 0.717) is 12.6 Å². The van der Waals surface area contributed by atoms with E-state index in [2.05, 4.69) is 32.2 Å². The lowest BCUT2D eigenvalue weighted by atomic mass is 9.92. The van der Waals surface area contributed by atoms with E-state index in [1.807, 2.05) is 12.1 Å². The molecule has 0 bridgehead atoms. The third kappa shape index (κ3) is 4.40. The maximum absolute atomic E-state index is 5.91. The van der Waals surface area contributed by atoms with Crippen molar-refractivity contribution in [2.75, 3.05) is 20.8 Å². The first-order valence-electron chi connectivity index (χ1n) is 6.63. The largest absolute Gasteiger partial charge is 0.493 e. The molecule has 0 radical (unpaired) electrons. The molecule has 0 saturated heterocycles. The van der Waals surface area contributed by atoms with Gasteiger partial charge in [0.05, 0.1) is 14.2 Å². The minimum absolute atomic E-state index is 0.117. The molecule has 19 heavy (non-hydrogen) atoms. The monoisotopic (exact) mass is 266 g/mol. The van der Waals surface area contributed by atoms with Gasteiger partial charge < -0.3 is 20.5 Å². The Morgan fingerprint density at radius 2 is 1.84 bits per heavy atom. The van der Waals surface area contributed by atoms with Crippen LogP contribution in [0.5, 0.6) is 11.5 Å². The lowest BCUT2D eigenvalue weighted by molar-refractivity contribution is 0.329. The molecule has 4 heteroatoms. The van der Waals surface area contributed by atoms with E-state index in [0.717, 1.165) is 17.9 Å². The first kappa shape index (κ1) is 15.8. The number of benzene rings is 1. The van der Waals surface area contributed by atoms with Crippen LogP contribution in [0.15, 0.2) is 18.2 Å². The van der Waals surface area contributed by atoms with Crippen LogP contribution in [-0.4, -0.2) is 32.3 Å². The second kappa shape index (κ2) is 6.78. The van der Waals surface area contributed by atoms with Crippen molar-refractivity contribution in [2.24, 2.45) is 5.73 Å². The number of ether oxygens (including phenoxy) is 2. The summed E-state index contributed by atoms with van der Waals surface area (Å²) >= 11 is 0. The Morgan fingerprint density at radius 3 is 2.32 bits per heavy atom. The lowest BCUT2D eigenvalue weighted by Crippen LogP contribution is -2.53. The first-order chi connectivity index (χ1) is 8.94. The van der Waals surface area contributed by atoms with Crippen LogP contribution in [0.4, 0.5) is 0 Å².